The molecule has 0 bridgehead atoms. The second kappa shape index (κ2) is 6.54. The van der Waals surface area contributed by atoms with Crippen LogP contribution in [0.15, 0.2) is 0 Å². The minimum atomic E-state index is 0.0806. The van der Waals surface area contributed by atoms with Gasteiger partial charge in [0, 0.05) is 7.11 Å². The van der Waals surface area contributed by atoms with Crippen LogP contribution in [0.1, 0.15) is 19.3 Å². The van der Waals surface area contributed by atoms with Crippen LogP contribution in [-0.2, 0) is 9.47 Å². The third-order valence-electron chi connectivity index (χ3n) is 2.57. The average Bonchev–Trinajstić information content (AvgIpc) is 2.11. The number of rotatable bonds is 3. The molecule has 0 amide bonds. The van der Waals surface area contributed by atoms with E-state index in [1.807, 2.05) is 0 Å². The number of methoxy groups -OCH3 is 1. The zero-order valence-corrected chi connectivity index (χ0v) is 10.2. The summed E-state index contributed by atoms with van der Waals surface area (Å²) in [4.78, 5) is 0. The van der Waals surface area contributed by atoms with E-state index in [-0.39, 0.29) is 9.68 Å². The van der Waals surface area contributed by atoms with Crippen LogP contribution in [0.5, 0.6) is 0 Å². The van der Waals surface area contributed by atoms with E-state index in [9.17, 15) is 0 Å². The molecule has 3 nitrogen and oxygen atoms in total. The van der Waals surface area contributed by atoms with Crippen molar-refractivity contribution in [3.63, 3.8) is 0 Å². The molecule has 0 saturated carbocycles. The van der Waals surface area contributed by atoms with Crippen LogP contribution in [0.4, 0.5) is 0 Å². The minimum absolute atomic E-state index is 0.0806. The Balaban J connectivity index is 2.20. The second-order valence-corrected chi connectivity index (χ2v) is 6.02. The van der Waals surface area contributed by atoms with E-state index >= 15 is 0 Å². The van der Waals surface area contributed by atoms with Crippen LogP contribution in [0.25, 0.3) is 0 Å². The minimum Gasteiger partial charge on any atom is -0.359 e. The monoisotopic (exact) mass is 203 g/mol. The van der Waals surface area contributed by atoms with Crippen molar-refractivity contribution in [2.24, 2.45) is 0 Å². The van der Waals surface area contributed by atoms with Gasteiger partial charge in [-0.1, -0.05) is 6.42 Å². The van der Waals surface area contributed by atoms with Gasteiger partial charge in [-0.3, -0.25) is 0 Å². The van der Waals surface area contributed by atoms with Crippen molar-refractivity contribution in [3.05, 3.63) is 0 Å². The Labute approximate surface area is 83.3 Å². The van der Waals surface area contributed by atoms with E-state index in [0.29, 0.717) is 12.9 Å². The van der Waals surface area contributed by atoms with Gasteiger partial charge in [-0.2, -0.15) is 0 Å². The molecule has 13 heavy (non-hydrogen) atoms. The van der Waals surface area contributed by atoms with Crippen molar-refractivity contribution >= 4 is 9.68 Å². The van der Waals surface area contributed by atoms with Crippen LogP contribution < -0.4 is 0 Å². The quantitative estimate of drug-likeness (QED) is 0.495. The predicted octanol–water partition coefficient (Wildman–Crippen LogP) is 0.593. The third kappa shape index (κ3) is 4.76. The molecule has 1 atom stereocenters. The first-order chi connectivity index (χ1) is 6.33. The van der Waals surface area contributed by atoms with Gasteiger partial charge in [0.15, 0.2) is 0 Å². The molecule has 0 radical (unpaired) electrons. The normalized spacial score (nSPS) is 28.6. The van der Waals surface area contributed by atoms with E-state index < -0.39 is 0 Å². The summed E-state index contributed by atoms with van der Waals surface area (Å²) in [5.41, 5.74) is 0. The highest BCUT2D eigenvalue weighted by molar-refractivity contribution is 6.31. The van der Waals surface area contributed by atoms with Gasteiger partial charge < -0.3 is 14.0 Å². The molecule has 78 valence electrons. The van der Waals surface area contributed by atoms with E-state index in [1.54, 1.807) is 7.11 Å². The highest BCUT2D eigenvalue weighted by Crippen LogP contribution is 2.13. The third-order valence-corrected chi connectivity index (χ3v) is 4.47. The van der Waals surface area contributed by atoms with Crippen molar-refractivity contribution < 1.29 is 9.47 Å². The zero-order valence-electron chi connectivity index (χ0n) is 8.79. The number of ether oxygens (including phenoxy) is 2. The van der Waals surface area contributed by atoms with Crippen LogP contribution in [0.2, 0.25) is 6.04 Å². The summed E-state index contributed by atoms with van der Waals surface area (Å²) < 4.78 is 13.0. The molecule has 1 unspecified atom stereocenters. The van der Waals surface area contributed by atoms with E-state index in [2.05, 4.69) is 11.6 Å². The summed E-state index contributed by atoms with van der Waals surface area (Å²) >= 11 is 0. The standard InChI is InChI=1S/C9H21NO2Si/c1-10-6-5-9(12-8-11-2)4-3-7-13-10/h9H,3-8,13H2,1-2H3. The fraction of sp³-hybridized carbons (Fsp3) is 1.00. The molecule has 1 saturated heterocycles. The summed E-state index contributed by atoms with van der Waals surface area (Å²) in [5.74, 6) is 0. The largest absolute Gasteiger partial charge is 0.359 e. The van der Waals surface area contributed by atoms with E-state index in [0.717, 1.165) is 0 Å². The molecule has 0 aromatic carbocycles. The van der Waals surface area contributed by atoms with Crippen LogP contribution >= 0.6 is 0 Å². The van der Waals surface area contributed by atoms with Gasteiger partial charge in [-0.15, -0.1) is 0 Å². The summed E-state index contributed by atoms with van der Waals surface area (Å²) in [6.45, 7) is 1.66. The van der Waals surface area contributed by atoms with Crippen LogP contribution in [0.3, 0.4) is 0 Å². The van der Waals surface area contributed by atoms with E-state index in [1.165, 1.54) is 31.9 Å². The second-order valence-electron chi connectivity index (χ2n) is 3.78. The Kier molecular flexibility index (Phi) is 5.62. The Bertz CT molecular complexity index is 133. The summed E-state index contributed by atoms with van der Waals surface area (Å²) in [7, 11) is 4.00. The van der Waals surface area contributed by atoms with Gasteiger partial charge in [0.05, 0.1) is 15.8 Å². The fourth-order valence-corrected chi connectivity index (χ4v) is 3.16. The van der Waals surface area contributed by atoms with Gasteiger partial charge in [-0.05, 0) is 32.5 Å². The van der Waals surface area contributed by atoms with Gasteiger partial charge in [0.25, 0.3) is 0 Å². The molecular weight excluding hydrogens is 182 g/mol. The zero-order chi connectivity index (χ0) is 9.52. The average molecular weight is 203 g/mol. The molecule has 0 aromatic heterocycles. The molecule has 0 spiro atoms. The molecule has 0 aromatic rings. The Morgan fingerprint density at radius 2 is 2.31 bits per heavy atom. The molecular formula is C9H21NO2Si. The van der Waals surface area contributed by atoms with Gasteiger partial charge in [0.1, 0.15) is 6.79 Å². The maximum absolute atomic E-state index is 5.58. The van der Waals surface area contributed by atoms with Crippen molar-refractivity contribution in [2.45, 2.75) is 31.4 Å². The molecule has 0 N–H and O–H groups in total. The fourth-order valence-electron chi connectivity index (χ4n) is 1.71. The van der Waals surface area contributed by atoms with E-state index in [4.69, 9.17) is 9.47 Å². The molecule has 1 rings (SSSR count). The van der Waals surface area contributed by atoms with Gasteiger partial charge >= 0.3 is 0 Å². The molecule has 1 heterocycles. The maximum atomic E-state index is 5.58. The highest BCUT2D eigenvalue weighted by Gasteiger charge is 2.13. The number of hydrogen-bond acceptors (Lipinski definition) is 3. The lowest BCUT2D eigenvalue weighted by atomic mass is 10.1. The topological polar surface area (TPSA) is 21.7 Å². The number of nitrogens with zero attached hydrogens (tertiary/aromatic N) is 1. The molecule has 4 heteroatoms. The summed E-state index contributed by atoms with van der Waals surface area (Å²) in [5, 5.41) is 0. The summed E-state index contributed by atoms with van der Waals surface area (Å²) in [6, 6.07) is 1.43. The first kappa shape index (κ1) is 11.2. The molecule has 0 aliphatic carbocycles. The molecule has 1 aliphatic rings. The first-order valence-electron chi connectivity index (χ1n) is 5.12. The SMILES string of the molecule is COCOC1CCC[SiH2]N(C)CC1. The lowest BCUT2D eigenvalue weighted by Gasteiger charge is -2.24. The molecule has 1 aliphatic heterocycles. The van der Waals surface area contributed by atoms with Crippen LogP contribution in [-0.4, -0.2) is 47.8 Å². The van der Waals surface area contributed by atoms with Crippen molar-refractivity contribution in [1.82, 2.24) is 4.57 Å². The molecule has 1 fully saturated rings. The van der Waals surface area contributed by atoms with Gasteiger partial charge in [-0.25, -0.2) is 0 Å². The van der Waals surface area contributed by atoms with Crippen molar-refractivity contribution in [2.75, 3.05) is 27.5 Å². The lowest BCUT2D eigenvalue weighted by Crippen LogP contribution is -2.30. The van der Waals surface area contributed by atoms with Gasteiger partial charge in [0.2, 0.25) is 0 Å². The Hall–Kier alpha value is 0.0969. The Morgan fingerprint density at radius 1 is 1.46 bits per heavy atom. The first-order valence-corrected chi connectivity index (χ1v) is 6.75. The smallest absolute Gasteiger partial charge is 0.146 e. The van der Waals surface area contributed by atoms with Crippen LogP contribution in [0, 0.1) is 0 Å². The highest BCUT2D eigenvalue weighted by atomic mass is 28.2. The predicted molar refractivity (Wildman–Crippen MR) is 56.6 cm³/mol. The summed E-state index contributed by atoms with van der Waals surface area (Å²) in [6.07, 6.45) is 4.17. The number of hydrogen-bond donors (Lipinski definition) is 0. The van der Waals surface area contributed by atoms with Crippen molar-refractivity contribution in [3.8, 4) is 0 Å². The Morgan fingerprint density at radius 3 is 3.08 bits per heavy atom. The maximum Gasteiger partial charge on any atom is 0.146 e. The lowest BCUT2D eigenvalue weighted by molar-refractivity contribution is -0.0776. The van der Waals surface area contributed by atoms with Crippen molar-refractivity contribution in [1.29, 1.82) is 0 Å².